The molecule has 1 aromatic rings. The zero-order chi connectivity index (χ0) is 11.5. The third-order valence-corrected chi connectivity index (χ3v) is 4.11. The molecule has 0 amide bonds. The standard InChI is InChI=1S/C9H16N2O2S2/c1-7-3-5-14-9(7)8(2)11-4-6-15(10,12)13/h3,5,8,11H,4,6H2,1-2H3,(H2,10,12,13). The van der Waals surface area contributed by atoms with Gasteiger partial charge in [-0.3, -0.25) is 0 Å². The summed E-state index contributed by atoms with van der Waals surface area (Å²) in [5.74, 6) is -0.0260. The van der Waals surface area contributed by atoms with Crippen molar-refractivity contribution in [3.05, 3.63) is 21.9 Å². The molecule has 1 rings (SSSR count). The fourth-order valence-corrected chi connectivity index (χ4v) is 2.70. The lowest BCUT2D eigenvalue weighted by molar-refractivity contribution is 0.576. The van der Waals surface area contributed by atoms with Crippen molar-refractivity contribution in [2.24, 2.45) is 5.14 Å². The van der Waals surface area contributed by atoms with Crippen molar-refractivity contribution < 1.29 is 8.42 Å². The Morgan fingerprint density at radius 1 is 1.60 bits per heavy atom. The van der Waals surface area contributed by atoms with E-state index in [9.17, 15) is 8.42 Å². The summed E-state index contributed by atoms with van der Waals surface area (Å²) < 4.78 is 21.4. The smallest absolute Gasteiger partial charge is 0.210 e. The van der Waals surface area contributed by atoms with E-state index >= 15 is 0 Å². The fourth-order valence-electron chi connectivity index (χ4n) is 1.34. The van der Waals surface area contributed by atoms with Crippen molar-refractivity contribution in [1.29, 1.82) is 0 Å². The Morgan fingerprint density at radius 2 is 2.27 bits per heavy atom. The van der Waals surface area contributed by atoms with E-state index in [2.05, 4.69) is 11.4 Å². The molecule has 3 N–H and O–H groups in total. The summed E-state index contributed by atoms with van der Waals surface area (Å²) in [6, 6.07) is 2.23. The summed E-state index contributed by atoms with van der Waals surface area (Å²) in [6.45, 7) is 4.45. The first-order chi connectivity index (χ1) is 6.90. The Labute approximate surface area is 94.5 Å². The molecular formula is C9H16N2O2S2. The Morgan fingerprint density at radius 3 is 2.73 bits per heavy atom. The molecule has 0 fully saturated rings. The summed E-state index contributed by atoms with van der Waals surface area (Å²) in [7, 11) is -3.36. The summed E-state index contributed by atoms with van der Waals surface area (Å²) in [5.41, 5.74) is 1.23. The molecule has 1 heterocycles. The van der Waals surface area contributed by atoms with Gasteiger partial charge in [0.1, 0.15) is 0 Å². The van der Waals surface area contributed by atoms with Crippen molar-refractivity contribution in [3.63, 3.8) is 0 Å². The Kier molecular flexibility index (Phi) is 4.27. The Balaban J connectivity index is 2.44. The SMILES string of the molecule is Cc1ccsc1C(C)NCCS(N)(=O)=O. The molecule has 0 aromatic carbocycles. The highest BCUT2D eigenvalue weighted by Crippen LogP contribution is 2.22. The Bertz CT molecular complexity index is 412. The van der Waals surface area contributed by atoms with Gasteiger partial charge in [0, 0.05) is 17.5 Å². The maximum atomic E-state index is 10.7. The molecular weight excluding hydrogens is 232 g/mol. The summed E-state index contributed by atoms with van der Waals surface area (Å²) in [5, 5.41) is 10.1. The molecule has 0 aliphatic heterocycles. The lowest BCUT2D eigenvalue weighted by Crippen LogP contribution is -2.28. The van der Waals surface area contributed by atoms with Crippen LogP contribution in [0.4, 0.5) is 0 Å². The zero-order valence-corrected chi connectivity index (χ0v) is 10.5. The van der Waals surface area contributed by atoms with Gasteiger partial charge in [0.05, 0.1) is 5.75 Å². The van der Waals surface area contributed by atoms with Gasteiger partial charge in [-0.15, -0.1) is 11.3 Å². The predicted octanol–water partition coefficient (Wildman–Crippen LogP) is 0.996. The molecule has 0 bridgehead atoms. The van der Waals surface area contributed by atoms with Crippen LogP contribution in [0.15, 0.2) is 11.4 Å². The fraction of sp³-hybridized carbons (Fsp3) is 0.556. The van der Waals surface area contributed by atoms with Crippen LogP contribution in [0.3, 0.4) is 0 Å². The van der Waals surface area contributed by atoms with E-state index < -0.39 is 10.0 Å². The van der Waals surface area contributed by atoms with Crippen LogP contribution in [-0.4, -0.2) is 20.7 Å². The molecule has 0 radical (unpaired) electrons. The second-order valence-electron chi connectivity index (χ2n) is 3.51. The predicted molar refractivity (Wildman–Crippen MR) is 63.4 cm³/mol. The molecule has 4 nitrogen and oxygen atoms in total. The molecule has 1 aromatic heterocycles. The first-order valence-electron chi connectivity index (χ1n) is 4.68. The highest BCUT2D eigenvalue weighted by atomic mass is 32.2. The van der Waals surface area contributed by atoms with Crippen LogP contribution in [0, 0.1) is 6.92 Å². The van der Waals surface area contributed by atoms with Crippen molar-refractivity contribution in [2.45, 2.75) is 19.9 Å². The van der Waals surface area contributed by atoms with E-state index in [-0.39, 0.29) is 11.8 Å². The molecule has 0 aliphatic carbocycles. The number of nitrogens with one attached hydrogen (secondary N) is 1. The second kappa shape index (κ2) is 5.07. The number of thiophene rings is 1. The van der Waals surface area contributed by atoms with Gasteiger partial charge in [0.15, 0.2) is 0 Å². The average molecular weight is 248 g/mol. The largest absolute Gasteiger partial charge is 0.308 e. The molecule has 1 unspecified atom stereocenters. The number of primary sulfonamides is 1. The minimum absolute atomic E-state index is 0.0260. The van der Waals surface area contributed by atoms with Crippen LogP contribution in [0.1, 0.15) is 23.4 Å². The normalized spacial score (nSPS) is 14.1. The van der Waals surface area contributed by atoms with Gasteiger partial charge in [0.2, 0.25) is 10.0 Å². The number of hydrogen-bond donors (Lipinski definition) is 2. The molecule has 0 saturated carbocycles. The van der Waals surface area contributed by atoms with Gasteiger partial charge in [-0.1, -0.05) is 0 Å². The van der Waals surface area contributed by atoms with Crippen LogP contribution in [0.2, 0.25) is 0 Å². The van der Waals surface area contributed by atoms with E-state index in [0.29, 0.717) is 6.54 Å². The summed E-state index contributed by atoms with van der Waals surface area (Å²) in [6.07, 6.45) is 0. The van der Waals surface area contributed by atoms with Gasteiger partial charge < -0.3 is 5.32 Å². The van der Waals surface area contributed by atoms with Crippen molar-refractivity contribution in [1.82, 2.24) is 5.32 Å². The highest BCUT2D eigenvalue weighted by molar-refractivity contribution is 7.89. The van der Waals surface area contributed by atoms with Gasteiger partial charge in [-0.2, -0.15) is 0 Å². The van der Waals surface area contributed by atoms with Crippen molar-refractivity contribution in [3.8, 4) is 0 Å². The molecule has 86 valence electrons. The quantitative estimate of drug-likeness (QED) is 0.816. The van der Waals surface area contributed by atoms with E-state index in [1.54, 1.807) is 11.3 Å². The van der Waals surface area contributed by atoms with Crippen LogP contribution in [-0.2, 0) is 10.0 Å². The number of nitrogens with two attached hydrogens (primary N) is 1. The molecule has 1 atom stereocenters. The number of sulfonamides is 1. The van der Waals surface area contributed by atoms with Crippen LogP contribution in [0.25, 0.3) is 0 Å². The Hall–Kier alpha value is -0.430. The second-order valence-corrected chi connectivity index (χ2v) is 6.19. The molecule has 0 aliphatic rings. The average Bonchev–Trinajstić information content (AvgIpc) is 2.48. The lowest BCUT2D eigenvalue weighted by Gasteiger charge is -2.12. The number of rotatable bonds is 5. The maximum Gasteiger partial charge on any atom is 0.210 e. The molecule has 0 spiro atoms. The van der Waals surface area contributed by atoms with E-state index in [1.165, 1.54) is 10.4 Å². The zero-order valence-electron chi connectivity index (χ0n) is 8.86. The monoisotopic (exact) mass is 248 g/mol. The van der Waals surface area contributed by atoms with Gasteiger partial charge in [-0.05, 0) is 30.9 Å². The number of hydrogen-bond acceptors (Lipinski definition) is 4. The molecule has 0 saturated heterocycles. The van der Waals surface area contributed by atoms with Gasteiger partial charge >= 0.3 is 0 Å². The summed E-state index contributed by atoms with van der Waals surface area (Å²) in [4.78, 5) is 1.24. The van der Waals surface area contributed by atoms with Crippen molar-refractivity contribution in [2.75, 3.05) is 12.3 Å². The number of aryl methyl sites for hydroxylation is 1. The van der Waals surface area contributed by atoms with Crippen LogP contribution < -0.4 is 10.5 Å². The first kappa shape index (κ1) is 12.6. The van der Waals surface area contributed by atoms with Crippen molar-refractivity contribution >= 4 is 21.4 Å². The van der Waals surface area contributed by atoms with Gasteiger partial charge in [0.25, 0.3) is 0 Å². The van der Waals surface area contributed by atoms with Crippen LogP contribution in [0.5, 0.6) is 0 Å². The minimum atomic E-state index is -3.36. The highest BCUT2D eigenvalue weighted by Gasteiger charge is 2.10. The summed E-state index contributed by atoms with van der Waals surface area (Å²) >= 11 is 1.67. The van der Waals surface area contributed by atoms with Crippen LogP contribution >= 0.6 is 11.3 Å². The third-order valence-electron chi connectivity index (χ3n) is 2.13. The van der Waals surface area contributed by atoms with E-state index in [0.717, 1.165) is 0 Å². The third kappa shape index (κ3) is 4.29. The van der Waals surface area contributed by atoms with E-state index in [4.69, 9.17) is 5.14 Å². The molecule has 15 heavy (non-hydrogen) atoms. The maximum absolute atomic E-state index is 10.7. The van der Waals surface area contributed by atoms with E-state index in [1.807, 2.05) is 19.2 Å². The lowest BCUT2D eigenvalue weighted by atomic mass is 10.2. The topological polar surface area (TPSA) is 72.2 Å². The van der Waals surface area contributed by atoms with Gasteiger partial charge in [-0.25, -0.2) is 13.6 Å². The minimum Gasteiger partial charge on any atom is -0.308 e. The molecule has 6 heteroatoms. The first-order valence-corrected chi connectivity index (χ1v) is 7.27.